The Balaban J connectivity index is 1.58. The van der Waals surface area contributed by atoms with Crippen LogP contribution in [0.15, 0.2) is 22.7 Å². The van der Waals surface area contributed by atoms with Gasteiger partial charge >= 0.3 is 0 Å². The van der Waals surface area contributed by atoms with E-state index in [1.165, 1.54) is 11.3 Å². The summed E-state index contributed by atoms with van der Waals surface area (Å²) in [7, 11) is 1.70. The molecule has 1 heterocycles. The molecule has 7 nitrogen and oxygen atoms in total. The van der Waals surface area contributed by atoms with Gasteiger partial charge in [0.05, 0.1) is 18.7 Å². The maximum atomic E-state index is 12.5. The van der Waals surface area contributed by atoms with E-state index in [0.717, 1.165) is 51.8 Å². The van der Waals surface area contributed by atoms with Crippen LogP contribution in [-0.4, -0.2) is 42.8 Å². The number of hydrogen-bond donors (Lipinski definition) is 3. The Morgan fingerprint density at radius 3 is 2.47 bits per heavy atom. The molecule has 0 atom stereocenters. The standard InChI is InChI=1S/C21H25BrN4O3S/c1-12-9-13(22)7-8-15(12)24-17(27)10-26(2)11-18(28)25-21-19(20(23)29)14-5-3-4-6-16(14)30-21/h7-9H,3-6,10-11H2,1-2H3,(H2,23,29)(H,24,27)(H,25,28). The number of nitrogens with one attached hydrogen (secondary N) is 2. The minimum atomic E-state index is -0.512. The van der Waals surface area contributed by atoms with Crippen molar-refractivity contribution in [1.82, 2.24) is 4.90 Å². The first-order valence-corrected chi connectivity index (χ1v) is 11.3. The molecule has 1 aromatic carbocycles. The number of nitrogens with two attached hydrogens (primary N) is 1. The van der Waals surface area contributed by atoms with E-state index in [1.807, 2.05) is 25.1 Å². The molecule has 160 valence electrons. The highest BCUT2D eigenvalue weighted by atomic mass is 79.9. The number of thiophene rings is 1. The van der Waals surface area contributed by atoms with Crippen LogP contribution in [0.25, 0.3) is 0 Å². The monoisotopic (exact) mass is 492 g/mol. The van der Waals surface area contributed by atoms with Crippen LogP contribution >= 0.6 is 27.3 Å². The number of likely N-dealkylation sites (N-methyl/N-ethyl adjacent to an activating group) is 1. The molecule has 3 rings (SSSR count). The summed E-state index contributed by atoms with van der Waals surface area (Å²) in [6.07, 6.45) is 3.82. The highest BCUT2D eigenvalue weighted by Gasteiger charge is 2.25. The number of anilines is 2. The molecular weight excluding hydrogens is 468 g/mol. The van der Waals surface area contributed by atoms with E-state index in [9.17, 15) is 14.4 Å². The molecule has 0 saturated carbocycles. The van der Waals surface area contributed by atoms with Crippen LogP contribution in [0.5, 0.6) is 0 Å². The maximum Gasteiger partial charge on any atom is 0.251 e. The highest BCUT2D eigenvalue weighted by molar-refractivity contribution is 9.10. The van der Waals surface area contributed by atoms with E-state index in [0.29, 0.717) is 10.6 Å². The van der Waals surface area contributed by atoms with Gasteiger partial charge in [0.2, 0.25) is 11.8 Å². The van der Waals surface area contributed by atoms with Crippen molar-refractivity contribution in [3.05, 3.63) is 44.2 Å². The summed E-state index contributed by atoms with van der Waals surface area (Å²) in [6, 6.07) is 5.61. The van der Waals surface area contributed by atoms with Crippen LogP contribution in [0.3, 0.4) is 0 Å². The van der Waals surface area contributed by atoms with Crippen molar-refractivity contribution in [2.45, 2.75) is 32.6 Å². The summed E-state index contributed by atoms with van der Waals surface area (Å²) in [6.45, 7) is 1.99. The molecule has 0 radical (unpaired) electrons. The van der Waals surface area contributed by atoms with Crippen molar-refractivity contribution in [2.24, 2.45) is 5.73 Å². The van der Waals surface area contributed by atoms with Gasteiger partial charge in [-0.2, -0.15) is 0 Å². The van der Waals surface area contributed by atoms with Crippen LogP contribution in [0.4, 0.5) is 10.7 Å². The lowest BCUT2D eigenvalue weighted by Gasteiger charge is -2.16. The third-order valence-electron chi connectivity index (χ3n) is 4.96. The minimum absolute atomic E-state index is 0.0213. The van der Waals surface area contributed by atoms with E-state index in [-0.39, 0.29) is 24.9 Å². The molecule has 30 heavy (non-hydrogen) atoms. The number of amides is 3. The minimum Gasteiger partial charge on any atom is -0.365 e. The van der Waals surface area contributed by atoms with Crippen LogP contribution in [-0.2, 0) is 22.4 Å². The van der Waals surface area contributed by atoms with Gasteiger partial charge in [-0.05, 0) is 69.0 Å². The number of rotatable bonds is 7. The number of nitrogens with zero attached hydrogens (tertiary/aromatic N) is 1. The van der Waals surface area contributed by atoms with Gasteiger partial charge in [0, 0.05) is 15.0 Å². The molecular formula is C21H25BrN4O3S. The van der Waals surface area contributed by atoms with Gasteiger partial charge in [0.15, 0.2) is 0 Å². The second-order valence-electron chi connectivity index (χ2n) is 7.51. The molecule has 0 bridgehead atoms. The second kappa shape index (κ2) is 9.72. The van der Waals surface area contributed by atoms with Gasteiger partial charge < -0.3 is 16.4 Å². The molecule has 1 aliphatic carbocycles. The van der Waals surface area contributed by atoms with Crippen LogP contribution in [0, 0.1) is 6.92 Å². The third-order valence-corrected chi connectivity index (χ3v) is 6.66. The van der Waals surface area contributed by atoms with E-state index < -0.39 is 5.91 Å². The summed E-state index contributed by atoms with van der Waals surface area (Å²) in [4.78, 5) is 39.5. The summed E-state index contributed by atoms with van der Waals surface area (Å²) >= 11 is 4.83. The smallest absolute Gasteiger partial charge is 0.251 e. The van der Waals surface area contributed by atoms with Crippen LogP contribution < -0.4 is 16.4 Å². The normalized spacial score (nSPS) is 13.1. The largest absolute Gasteiger partial charge is 0.365 e. The topological polar surface area (TPSA) is 105 Å². The lowest BCUT2D eigenvalue weighted by molar-refractivity contribution is -0.119. The first-order valence-electron chi connectivity index (χ1n) is 9.73. The first kappa shape index (κ1) is 22.5. The molecule has 4 N–H and O–H groups in total. The third kappa shape index (κ3) is 5.47. The maximum absolute atomic E-state index is 12.5. The van der Waals surface area contributed by atoms with E-state index >= 15 is 0 Å². The van der Waals surface area contributed by atoms with E-state index in [2.05, 4.69) is 26.6 Å². The van der Waals surface area contributed by atoms with E-state index in [1.54, 1.807) is 11.9 Å². The Morgan fingerprint density at radius 2 is 1.80 bits per heavy atom. The second-order valence-corrected chi connectivity index (χ2v) is 9.53. The Morgan fingerprint density at radius 1 is 1.13 bits per heavy atom. The molecule has 0 fully saturated rings. The van der Waals surface area contributed by atoms with Gasteiger partial charge in [0.1, 0.15) is 5.00 Å². The zero-order valence-electron chi connectivity index (χ0n) is 17.0. The molecule has 2 aromatic rings. The Labute approximate surface area is 188 Å². The molecule has 1 aliphatic rings. The van der Waals surface area contributed by atoms with Gasteiger partial charge in [-0.1, -0.05) is 15.9 Å². The average molecular weight is 493 g/mol. The number of hydrogen-bond acceptors (Lipinski definition) is 5. The van der Waals surface area contributed by atoms with E-state index in [4.69, 9.17) is 5.73 Å². The Bertz CT molecular complexity index is 989. The quantitative estimate of drug-likeness (QED) is 0.551. The summed E-state index contributed by atoms with van der Waals surface area (Å²) in [5.41, 5.74) is 8.66. The molecule has 0 saturated heterocycles. The van der Waals surface area contributed by atoms with Crippen LogP contribution in [0.2, 0.25) is 0 Å². The lowest BCUT2D eigenvalue weighted by Crippen LogP contribution is -2.36. The van der Waals surface area contributed by atoms with Crippen molar-refractivity contribution in [3.8, 4) is 0 Å². The molecule has 0 aliphatic heterocycles. The SMILES string of the molecule is Cc1cc(Br)ccc1NC(=O)CN(C)CC(=O)Nc1sc2c(c1C(N)=O)CCCC2. The summed E-state index contributed by atoms with van der Waals surface area (Å²) in [5.74, 6) is -1.01. The predicted octanol–water partition coefficient (Wildman–Crippen LogP) is 3.31. The predicted molar refractivity (Wildman–Crippen MR) is 123 cm³/mol. The van der Waals surface area contributed by atoms with Crippen molar-refractivity contribution >= 4 is 55.7 Å². The van der Waals surface area contributed by atoms with Crippen molar-refractivity contribution in [3.63, 3.8) is 0 Å². The van der Waals surface area contributed by atoms with Gasteiger partial charge in [0.25, 0.3) is 5.91 Å². The van der Waals surface area contributed by atoms with Crippen molar-refractivity contribution in [2.75, 3.05) is 30.8 Å². The zero-order valence-corrected chi connectivity index (χ0v) is 19.4. The van der Waals surface area contributed by atoms with Crippen LogP contribution in [0.1, 0.15) is 39.2 Å². The molecule has 0 spiro atoms. The fraction of sp³-hybridized carbons (Fsp3) is 0.381. The first-order chi connectivity index (χ1) is 14.2. The number of halogens is 1. The summed E-state index contributed by atoms with van der Waals surface area (Å²) in [5, 5.41) is 6.19. The number of aryl methyl sites for hydroxylation is 2. The highest BCUT2D eigenvalue weighted by Crippen LogP contribution is 2.37. The Kier molecular flexibility index (Phi) is 7.27. The fourth-order valence-corrected chi connectivity index (χ4v) is 5.37. The molecule has 9 heteroatoms. The van der Waals surface area contributed by atoms with Crippen molar-refractivity contribution in [1.29, 1.82) is 0 Å². The summed E-state index contributed by atoms with van der Waals surface area (Å²) < 4.78 is 0.942. The average Bonchev–Trinajstić information content (AvgIpc) is 3.01. The van der Waals surface area contributed by atoms with Crippen molar-refractivity contribution < 1.29 is 14.4 Å². The number of carbonyl (C=O) groups excluding carboxylic acids is 3. The number of fused-ring (bicyclic) bond motifs is 1. The zero-order chi connectivity index (χ0) is 21.8. The number of primary amides is 1. The van der Waals surface area contributed by atoms with Gasteiger partial charge in [-0.15, -0.1) is 11.3 Å². The van der Waals surface area contributed by atoms with Gasteiger partial charge in [-0.3, -0.25) is 19.3 Å². The lowest BCUT2D eigenvalue weighted by atomic mass is 9.95. The molecule has 0 unspecified atom stereocenters. The number of benzene rings is 1. The van der Waals surface area contributed by atoms with Gasteiger partial charge in [-0.25, -0.2) is 0 Å². The fourth-order valence-electron chi connectivity index (χ4n) is 3.58. The molecule has 3 amide bonds. The Hall–Kier alpha value is -2.23. The molecule has 1 aromatic heterocycles. The number of carbonyl (C=O) groups is 3.